The number of hydrogen-bond donors (Lipinski definition) is 3. The quantitative estimate of drug-likeness (QED) is 0.730. The van der Waals surface area contributed by atoms with Crippen LogP contribution in [-0.2, 0) is 0 Å². The second-order valence-corrected chi connectivity index (χ2v) is 4.77. The summed E-state index contributed by atoms with van der Waals surface area (Å²) in [5, 5.41) is 22.4. The highest BCUT2D eigenvalue weighted by molar-refractivity contribution is 5.37. The molecular weight excluding hydrogens is 202 g/mol. The minimum atomic E-state index is -0.142. The van der Waals surface area contributed by atoms with Gasteiger partial charge in [-0.05, 0) is 38.3 Å². The van der Waals surface area contributed by atoms with Crippen molar-refractivity contribution in [1.29, 1.82) is 0 Å². The Morgan fingerprint density at radius 3 is 2.62 bits per heavy atom. The molecule has 3 heteroatoms. The fourth-order valence-electron chi connectivity index (χ4n) is 2.19. The van der Waals surface area contributed by atoms with Crippen LogP contribution in [-0.4, -0.2) is 22.4 Å². The molecule has 1 aliphatic carbocycles. The van der Waals surface area contributed by atoms with Crippen molar-refractivity contribution in [1.82, 2.24) is 5.32 Å². The van der Waals surface area contributed by atoms with Crippen molar-refractivity contribution in [3.63, 3.8) is 0 Å². The Morgan fingerprint density at radius 1 is 1.38 bits per heavy atom. The maximum atomic E-state index is 9.83. The van der Waals surface area contributed by atoms with Gasteiger partial charge in [-0.1, -0.05) is 12.1 Å². The van der Waals surface area contributed by atoms with Crippen LogP contribution in [0.1, 0.15) is 36.9 Å². The fraction of sp³-hybridized carbons (Fsp3) is 0.538. The first-order valence-corrected chi connectivity index (χ1v) is 5.80. The van der Waals surface area contributed by atoms with E-state index < -0.39 is 0 Å². The number of rotatable bonds is 3. The SMILES string of the molecule is Cc1ccc(C(C)NC2CC(O)C2)c(O)c1. The van der Waals surface area contributed by atoms with Crippen LogP contribution < -0.4 is 5.32 Å². The first kappa shape index (κ1) is 11.4. The number of benzene rings is 1. The van der Waals surface area contributed by atoms with Crippen LogP contribution in [0.15, 0.2) is 18.2 Å². The maximum Gasteiger partial charge on any atom is 0.120 e. The van der Waals surface area contributed by atoms with E-state index in [0.29, 0.717) is 11.8 Å². The molecule has 1 aromatic carbocycles. The third-order valence-electron chi connectivity index (χ3n) is 3.25. The largest absolute Gasteiger partial charge is 0.508 e. The standard InChI is InChI=1S/C13H19NO2/c1-8-3-4-12(13(16)5-8)9(2)14-10-6-11(15)7-10/h3-5,9-11,14-16H,6-7H2,1-2H3. The molecule has 1 aromatic rings. The van der Waals surface area contributed by atoms with Gasteiger partial charge in [0.15, 0.2) is 0 Å². The van der Waals surface area contributed by atoms with Crippen molar-refractivity contribution in [3.05, 3.63) is 29.3 Å². The molecule has 1 atom stereocenters. The third kappa shape index (κ3) is 2.36. The van der Waals surface area contributed by atoms with E-state index in [-0.39, 0.29) is 12.1 Å². The maximum absolute atomic E-state index is 9.83. The number of nitrogens with one attached hydrogen (secondary N) is 1. The van der Waals surface area contributed by atoms with E-state index in [1.807, 2.05) is 26.0 Å². The third-order valence-corrected chi connectivity index (χ3v) is 3.25. The topological polar surface area (TPSA) is 52.5 Å². The molecule has 0 saturated heterocycles. The van der Waals surface area contributed by atoms with E-state index in [2.05, 4.69) is 5.32 Å². The number of aliphatic hydroxyl groups excluding tert-OH is 1. The van der Waals surface area contributed by atoms with E-state index in [4.69, 9.17) is 0 Å². The van der Waals surface area contributed by atoms with Crippen LogP contribution in [0.5, 0.6) is 5.75 Å². The lowest BCUT2D eigenvalue weighted by molar-refractivity contribution is 0.0585. The zero-order valence-corrected chi connectivity index (χ0v) is 9.77. The lowest BCUT2D eigenvalue weighted by Gasteiger charge is -2.34. The summed E-state index contributed by atoms with van der Waals surface area (Å²) < 4.78 is 0. The molecule has 0 bridgehead atoms. The van der Waals surface area contributed by atoms with E-state index in [9.17, 15) is 10.2 Å². The Kier molecular flexibility index (Phi) is 3.17. The van der Waals surface area contributed by atoms with Gasteiger partial charge in [0.25, 0.3) is 0 Å². The Bertz CT molecular complexity index is 372. The molecular formula is C13H19NO2. The van der Waals surface area contributed by atoms with Gasteiger partial charge in [-0.3, -0.25) is 0 Å². The summed E-state index contributed by atoms with van der Waals surface area (Å²) in [5.41, 5.74) is 1.99. The smallest absolute Gasteiger partial charge is 0.120 e. The van der Waals surface area contributed by atoms with E-state index in [1.165, 1.54) is 0 Å². The highest BCUT2D eigenvalue weighted by Crippen LogP contribution is 2.28. The minimum absolute atomic E-state index is 0.123. The van der Waals surface area contributed by atoms with Crippen LogP contribution in [0.3, 0.4) is 0 Å². The second-order valence-electron chi connectivity index (χ2n) is 4.77. The molecule has 0 aromatic heterocycles. The lowest BCUT2D eigenvalue weighted by atomic mass is 9.88. The normalized spacial score (nSPS) is 26.2. The Balaban J connectivity index is 2.00. The predicted octanol–water partition coefficient (Wildman–Crippen LogP) is 1.87. The van der Waals surface area contributed by atoms with Crippen LogP contribution in [0, 0.1) is 6.92 Å². The van der Waals surface area contributed by atoms with E-state index in [0.717, 1.165) is 24.0 Å². The van der Waals surface area contributed by atoms with Gasteiger partial charge in [-0.15, -0.1) is 0 Å². The zero-order chi connectivity index (χ0) is 11.7. The average Bonchev–Trinajstić information content (AvgIpc) is 2.15. The number of hydrogen-bond acceptors (Lipinski definition) is 3. The lowest BCUT2D eigenvalue weighted by Crippen LogP contribution is -2.45. The van der Waals surface area contributed by atoms with Gasteiger partial charge in [0.2, 0.25) is 0 Å². The Labute approximate surface area is 96.1 Å². The van der Waals surface area contributed by atoms with Gasteiger partial charge < -0.3 is 15.5 Å². The molecule has 1 unspecified atom stereocenters. The van der Waals surface area contributed by atoms with Crippen molar-refractivity contribution in [3.8, 4) is 5.75 Å². The molecule has 0 radical (unpaired) electrons. The first-order chi connectivity index (χ1) is 7.56. The number of aromatic hydroxyl groups is 1. The molecule has 1 fully saturated rings. The monoisotopic (exact) mass is 221 g/mol. The molecule has 1 aliphatic rings. The summed E-state index contributed by atoms with van der Waals surface area (Å²) in [6.45, 7) is 4.00. The number of aryl methyl sites for hydroxylation is 1. The summed E-state index contributed by atoms with van der Waals surface area (Å²) >= 11 is 0. The van der Waals surface area contributed by atoms with Crippen LogP contribution in [0.2, 0.25) is 0 Å². The van der Waals surface area contributed by atoms with Crippen molar-refractivity contribution in [2.24, 2.45) is 0 Å². The van der Waals surface area contributed by atoms with Gasteiger partial charge in [0.1, 0.15) is 5.75 Å². The fourth-order valence-corrected chi connectivity index (χ4v) is 2.19. The Morgan fingerprint density at radius 2 is 2.06 bits per heavy atom. The van der Waals surface area contributed by atoms with Gasteiger partial charge in [-0.25, -0.2) is 0 Å². The highest BCUT2D eigenvalue weighted by Gasteiger charge is 2.28. The average molecular weight is 221 g/mol. The molecule has 88 valence electrons. The van der Waals surface area contributed by atoms with Crippen molar-refractivity contribution < 1.29 is 10.2 Å². The van der Waals surface area contributed by atoms with E-state index in [1.54, 1.807) is 6.07 Å². The van der Waals surface area contributed by atoms with Gasteiger partial charge >= 0.3 is 0 Å². The molecule has 16 heavy (non-hydrogen) atoms. The summed E-state index contributed by atoms with van der Waals surface area (Å²) in [6.07, 6.45) is 1.49. The number of phenols is 1. The van der Waals surface area contributed by atoms with Gasteiger partial charge in [-0.2, -0.15) is 0 Å². The van der Waals surface area contributed by atoms with Crippen LogP contribution >= 0.6 is 0 Å². The molecule has 0 aliphatic heterocycles. The first-order valence-electron chi connectivity index (χ1n) is 5.80. The van der Waals surface area contributed by atoms with Crippen LogP contribution in [0.4, 0.5) is 0 Å². The molecule has 3 nitrogen and oxygen atoms in total. The van der Waals surface area contributed by atoms with Gasteiger partial charge in [0.05, 0.1) is 6.10 Å². The molecule has 0 heterocycles. The molecule has 1 saturated carbocycles. The summed E-state index contributed by atoms with van der Waals surface area (Å²) in [5.74, 6) is 0.347. The number of aliphatic hydroxyl groups is 1. The summed E-state index contributed by atoms with van der Waals surface area (Å²) in [4.78, 5) is 0. The van der Waals surface area contributed by atoms with Gasteiger partial charge in [0, 0.05) is 17.6 Å². The molecule has 0 spiro atoms. The molecule has 3 N–H and O–H groups in total. The van der Waals surface area contributed by atoms with Crippen molar-refractivity contribution >= 4 is 0 Å². The molecule has 2 rings (SSSR count). The highest BCUT2D eigenvalue weighted by atomic mass is 16.3. The zero-order valence-electron chi connectivity index (χ0n) is 9.77. The molecule has 0 amide bonds. The summed E-state index contributed by atoms with van der Waals surface area (Å²) in [6, 6.07) is 6.24. The van der Waals surface area contributed by atoms with Crippen LogP contribution in [0.25, 0.3) is 0 Å². The van der Waals surface area contributed by atoms with Crippen molar-refractivity contribution in [2.45, 2.75) is 44.9 Å². The number of phenolic OH excluding ortho intramolecular Hbond substituents is 1. The van der Waals surface area contributed by atoms with E-state index >= 15 is 0 Å². The van der Waals surface area contributed by atoms with Crippen molar-refractivity contribution in [2.75, 3.05) is 0 Å². The summed E-state index contributed by atoms with van der Waals surface area (Å²) in [7, 11) is 0. The minimum Gasteiger partial charge on any atom is -0.508 e. The Hall–Kier alpha value is -1.06. The predicted molar refractivity (Wildman–Crippen MR) is 63.4 cm³/mol. The second kappa shape index (κ2) is 4.44.